The van der Waals surface area contributed by atoms with Crippen LogP contribution in [0.25, 0.3) is 0 Å². The van der Waals surface area contributed by atoms with Gasteiger partial charge in [0.25, 0.3) is 0 Å². The standard InChI is InChI=1S/C13H18N2O3/c1-10(11-3-5-14-6-4-11)15-8-13(2,9-15)18-7-12(16)17/h3-6,10H,7-9H2,1-2H3,(H,16,17). The SMILES string of the molecule is CC(c1ccncc1)N1CC(C)(OCC(=O)O)C1. The Labute approximate surface area is 106 Å². The summed E-state index contributed by atoms with van der Waals surface area (Å²) in [4.78, 5) is 16.7. The third-order valence-electron chi connectivity index (χ3n) is 3.36. The number of carboxylic acid groups (broad SMARTS) is 1. The van der Waals surface area contributed by atoms with E-state index >= 15 is 0 Å². The zero-order valence-corrected chi connectivity index (χ0v) is 10.7. The fourth-order valence-electron chi connectivity index (χ4n) is 2.27. The van der Waals surface area contributed by atoms with Crippen molar-refractivity contribution in [2.45, 2.75) is 25.5 Å². The number of pyridine rings is 1. The molecular formula is C13H18N2O3. The summed E-state index contributed by atoms with van der Waals surface area (Å²) in [6, 6.07) is 4.30. The van der Waals surface area contributed by atoms with Crippen LogP contribution in [-0.4, -0.2) is 46.3 Å². The summed E-state index contributed by atoms with van der Waals surface area (Å²) >= 11 is 0. The van der Waals surface area contributed by atoms with Gasteiger partial charge in [-0.25, -0.2) is 4.79 Å². The van der Waals surface area contributed by atoms with Crippen molar-refractivity contribution < 1.29 is 14.6 Å². The molecule has 1 unspecified atom stereocenters. The van der Waals surface area contributed by atoms with Gasteiger partial charge in [-0.2, -0.15) is 0 Å². The Kier molecular flexibility index (Phi) is 3.63. The number of rotatable bonds is 5. The Balaban J connectivity index is 1.87. The highest BCUT2D eigenvalue weighted by Crippen LogP contribution is 2.32. The Bertz CT molecular complexity index is 416. The first-order chi connectivity index (χ1) is 8.50. The number of carboxylic acids is 1. The predicted molar refractivity (Wildman–Crippen MR) is 66.2 cm³/mol. The molecule has 0 amide bonds. The summed E-state index contributed by atoms with van der Waals surface area (Å²) in [5.41, 5.74) is 0.880. The summed E-state index contributed by atoms with van der Waals surface area (Å²) in [6.07, 6.45) is 3.57. The first kappa shape index (κ1) is 13.0. The van der Waals surface area contributed by atoms with Crippen LogP contribution in [0.4, 0.5) is 0 Å². The van der Waals surface area contributed by atoms with Crippen molar-refractivity contribution in [1.29, 1.82) is 0 Å². The molecule has 1 N–H and O–H groups in total. The maximum Gasteiger partial charge on any atom is 0.329 e. The van der Waals surface area contributed by atoms with Crippen LogP contribution in [0.1, 0.15) is 25.5 Å². The van der Waals surface area contributed by atoms with Gasteiger partial charge in [-0.05, 0) is 31.5 Å². The Hall–Kier alpha value is -1.46. The van der Waals surface area contributed by atoms with E-state index in [0.717, 1.165) is 13.1 Å². The van der Waals surface area contributed by atoms with E-state index in [4.69, 9.17) is 9.84 Å². The average Bonchev–Trinajstić information content (AvgIpc) is 2.33. The number of carbonyl (C=O) groups is 1. The fourth-order valence-corrected chi connectivity index (χ4v) is 2.27. The van der Waals surface area contributed by atoms with Gasteiger partial charge in [0.05, 0.1) is 5.60 Å². The quantitative estimate of drug-likeness (QED) is 0.854. The van der Waals surface area contributed by atoms with Gasteiger partial charge >= 0.3 is 5.97 Å². The molecule has 2 heterocycles. The summed E-state index contributed by atoms with van der Waals surface area (Å²) in [7, 11) is 0. The van der Waals surface area contributed by atoms with Crippen LogP contribution in [0.2, 0.25) is 0 Å². The lowest BCUT2D eigenvalue weighted by Crippen LogP contribution is -2.62. The molecule has 0 radical (unpaired) electrons. The van der Waals surface area contributed by atoms with Gasteiger partial charge in [0, 0.05) is 31.5 Å². The van der Waals surface area contributed by atoms with E-state index in [1.54, 1.807) is 12.4 Å². The summed E-state index contributed by atoms with van der Waals surface area (Å²) in [5.74, 6) is -0.920. The number of ether oxygens (including phenoxy) is 1. The minimum atomic E-state index is -0.920. The van der Waals surface area contributed by atoms with Gasteiger partial charge in [0.1, 0.15) is 6.61 Å². The Morgan fingerprint density at radius 1 is 1.56 bits per heavy atom. The van der Waals surface area contributed by atoms with Gasteiger partial charge in [0.15, 0.2) is 0 Å². The molecule has 0 bridgehead atoms. The molecule has 1 aliphatic rings. The van der Waals surface area contributed by atoms with Gasteiger partial charge in [-0.3, -0.25) is 9.88 Å². The van der Waals surface area contributed by atoms with Crippen LogP contribution in [0, 0.1) is 0 Å². The summed E-state index contributed by atoms with van der Waals surface area (Å²) < 4.78 is 5.39. The number of nitrogens with zero attached hydrogens (tertiary/aromatic N) is 2. The molecule has 1 aromatic rings. The zero-order valence-electron chi connectivity index (χ0n) is 10.7. The number of aromatic nitrogens is 1. The number of aliphatic carboxylic acids is 1. The van der Waals surface area contributed by atoms with E-state index < -0.39 is 5.97 Å². The minimum Gasteiger partial charge on any atom is -0.480 e. The number of hydrogen-bond acceptors (Lipinski definition) is 4. The van der Waals surface area contributed by atoms with Crippen molar-refractivity contribution in [1.82, 2.24) is 9.88 Å². The molecule has 1 atom stereocenters. The third-order valence-corrected chi connectivity index (χ3v) is 3.36. The van der Waals surface area contributed by atoms with Crippen LogP contribution >= 0.6 is 0 Å². The predicted octanol–water partition coefficient (Wildman–Crippen LogP) is 1.32. The van der Waals surface area contributed by atoms with Crippen molar-refractivity contribution in [3.63, 3.8) is 0 Å². The normalized spacial score (nSPS) is 20.1. The average molecular weight is 250 g/mol. The van der Waals surface area contributed by atoms with E-state index in [-0.39, 0.29) is 12.2 Å². The summed E-state index contributed by atoms with van der Waals surface area (Å²) in [5, 5.41) is 8.60. The first-order valence-corrected chi connectivity index (χ1v) is 6.00. The molecule has 5 nitrogen and oxygen atoms in total. The first-order valence-electron chi connectivity index (χ1n) is 6.00. The highest BCUT2D eigenvalue weighted by molar-refractivity contribution is 5.68. The lowest BCUT2D eigenvalue weighted by Gasteiger charge is -2.50. The van der Waals surface area contributed by atoms with Crippen LogP contribution < -0.4 is 0 Å². The van der Waals surface area contributed by atoms with Gasteiger partial charge < -0.3 is 9.84 Å². The molecule has 1 aliphatic heterocycles. The highest BCUT2D eigenvalue weighted by atomic mass is 16.5. The van der Waals surface area contributed by atoms with E-state index in [0.29, 0.717) is 6.04 Å². The molecule has 5 heteroatoms. The number of likely N-dealkylation sites (tertiary alicyclic amines) is 1. The molecule has 1 saturated heterocycles. The molecule has 0 aromatic carbocycles. The van der Waals surface area contributed by atoms with Gasteiger partial charge in [-0.1, -0.05) is 0 Å². The van der Waals surface area contributed by atoms with Crippen molar-refractivity contribution in [2.24, 2.45) is 0 Å². The maximum atomic E-state index is 10.5. The van der Waals surface area contributed by atoms with Crippen molar-refractivity contribution >= 4 is 5.97 Å². The lowest BCUT2D eigenvalue weighted by molar-refractivity contribution is -0.169. The molecule has 98 valence electrons. The van der Waals surface area contributed by atoms with Crippen molar-refractivity contribution in [3.8, 4) is 0 Å². The van der Waals surface area contributed by atoms with Crippen LogP contribution in [0.3, 0.4) is 0 Å². The molecule has 0 spiro atoms. The Morgan fingerprint density at radius 2 is 2.17 bits per heavy atom. The van der Waals surface area contributed by atoms with Crippen LogP contribution in [0.5, 0.6) is 0 Å². The molecule has 2 rings (SSSR count). The van der Waals surface area contributed by atoms with Crippen LogP contribution in [-0.2, 0) is 9.53 Å². The lowest BCUT2D eigenvalue weighted by atomic mass is 9.92. The largest absolute Gasteiger partial charge is 0.480 e. The van der Waals surface area contributed by atoms with Crippen molar-refractivity contribution in [2.75, 3.05) is 19.7 Å². The maximum absolute atomic E-state index is 10.5. The van der Waals surface area contributed by atoms with Gasteiger partial charge in [-0.15, -0.1) is 0 Å². The van der Waals surface area contributed by atoms with E-state index in [9.17, 15) is 4.79 Å². The molecule has 18 heavy (non-hydrogen) atoms. The Morgan fingerprint density at radius 3 is 2.72 bits per heavy atom. The topological polar surface area (TPSA) is 62.7 Å². The van der Waals surface area contributed by atoms with Crippen molar-refractivity contribution in [3.05, 3.63) is 30.1 Å². The molecule has 0 saturated carbocycles. The second-order valence-corrected chi connectivity index (χ2v) is 4.99. The van der Waals surface area contributed by atoms with Gasteiger partial charge in [0.2, 0.25) is 0 Å². The summed E-state index contributed by atoms with van der Waals surface area (Å²) in [6.45, 7) is 5.36. The second kappa shape index (κ2) is 5.04. The molecule has 1 fully saturated rings. The smallest absolute Gasteiger partial charge is 0.329 e. The highest BCUT2D eigenvalue weighted by Gasteiger charge is 2.42. The molecule has 0 aliphatic carbocycles. The third kappa shape index (κ3) is 2.86. The van der Waals surface area contributed by atoms with Crippen LogP contribution in [0.15, 0.2) is 24.5 Å². The molecule has 1 aromatic heterocycles. The monoisotopic (exact) mass is 250 g/mol. The minimum absolute atomic E-state index is 0.228. The molecular weight excluding hydrogens is 232 g/mol. The van der Waals surface area contributed by atoms with E-state index in [2.05, 4.69) is 16.8 Å². The van der Waals surface area contributed by atoms with E-state index in [1.807, 2.05) is 19.1 Å². The number of hydrogen-bond donors (Lipinski definition) is 1. The zero-order chi connectivity index (χ0) is 13.2. The second-order valence-electron chi connectivity index (χ2n) is 4.99. The van der Waals surface area contributed by atoms with E-state index in [1.165, 1.54) is 5.56 Å². The fraction of sp³-hybridized carbons (Fsp3) is 0.538.